The van der Waals surface area contributed by atoms with E-state index < -0.39 is 0 Å². The summed E-state index contributed by atoms with van der Waals surface area (Å²) < 4.78 is 0. The number of aromatic nitrogens is 2. The van der Waals surface area contributed by atoms with E-state index in [4.69, 9.17) is 0 Å². The third-order valence-electron chi connectivity index (χ3n) is 4.75. The predicted octanol–water partition coefficient (Wildman–Crippen LogP) is 5.75. The summed E-state index contributed by atoms with van der Waals surface area (Å²) in [7, 11) is 0. The zero-order chi connectivity index (χ0) is 20.2. The largest absolute Gasteiger partial charge is 0.352 e. The molecule has 2 aromatic heterocycles. The molecule has 0 bridgehead atoms. The third-order valence-corrected chi connectivity index (χ3v) is 4.75. The van der Waals surface area contributed by atoms with Gasteiger partial charge in [0.05, 0.1) is 28.7 Å². The maximum atomic E-state index is 12.7. The molecule has 5 nitrogen and oxygen atoms in total. The van der Waals surface area contributed by atoms with Gasteiger partial charge in [-0.2, -0.15) is 0 Å². The number of amides is 1. The number of nitrogens with one attached hydrogen (secondary N) is 2. The number of carbonyl (C=O) groups is 1. The van der Waals surface area contributed by atoms with Crippen LogP contribution in [0.15, 0.2) is 79.3 Å². The number of para-hydroxylation sites is 1. The summed E-state index contributed by atoms with van der Waals surface area (Å²) in [4.78, 5) is 21.3. The number of carbonyl (C=O) groups excluding carboxylic acids is 1. The molecule has 2 N–H and O–H groups in total. The van der Waals surface area contributed by atoms with Gasteiger partial charge in [0.25, 0.3) is 5.91 Å². The second-order valence-corrected chi connectivity index (χ2v) is 7.20. The molecule has 2 aromatic carbocycles. The molecule has 29 heavy (non-hydrogen) atoms. The Morgan fingerprint density at radius 3 is 2.52 bits per heavy atom. The van der Waals surface area contributed by atoms with Crippen molar-refractivity contribution in [3.05, 3.63) is 90.4 Å². The quantitative estimate of drug-likeness (QED) is 0.461. The highest BCUT2D eigenvalue weighted by molar-refractivity contribution is 6.04. The molecule has 0 fully saturated rings. The maximum absolute atomic E-state index is 12.7. The summed E-state index contributed by atoms with van der Waals surface area (Å²) in [5.74, 6) is 0.254. The summed E-state index contributed by atoms with van der Waals surface area (Å²) in [6.45, 7) is 4.28. The van der Waals surface area contributed by atoms with Gasteiger partial charge in [0.2, 0.25) is 0 Å². The minimum Gasteiger partial charge on any atom is -0.352 e. The molecule has 1 amide bonds. The van der Waals surface area contributed by atoms with Gasteiger partial charge < -0.3 is 10.6 Å². The number of benzene rings is 2. The smallest absolute Gasteiger partial charge is 0.257 e. The van der Waals surface area contributed by atoms with Crippen molar-refractivity contribution in [1.82, 2.24) is 9.97 Å². The first-order chi connectivity index (χ1) is 14.1. The Balaban J connectivity index is 1.53. The summed E-state index contributed by atoms with van der Waals surface area (Å²) >= 11 is 0. The van der Waals surface area contributed by atoms with E-state index >= 15 is 0 Å². The van der Waals surface area contributed by atoms with E-state index in [1.807, 2.05) is 54.6 Å². The van der Waals surface area contributed by atoms with Crippen molar-refractivity contribution in [2.75, 3.05) is 10.6 Å². The van der Waals surface area contributed by atoms with Crippen molar-refractivity contribution >= 4 is 33.9 Å². The molecule has 0 aliphatic rings. The monoisotopic (exact) mass is 382 g/mol. The highest BCUT2D eigenvalue weighted by atomic mass is 16.1. The fourth-order valence-corrected chi connectivity index (χ4v) is 3.15. The van der Waals surface area contributed by atoms with Gasteiger partial charge >= 0.3 is 0 Å². The number of fused-ring (bicyclic) bond motifs is 1. The van der Waals surface area contributed by atoms with E-state index in [0.717, 1.165) is 28.0 Å². The Morgan fingerprint density at radius 2 is 1.72 bits per heavy atom. The lowest BCUT2D eigenvalue weighted by atomic mass is 10.0. The molecule has 0 aliphatic carbocycles. The fraction of sp³-hybridized carbons (Fsp3) is 0.125. The molecule has 0 radical (unpaired) electrons. The normalized spacial score (nSPS) is 10.9. The first-order valence-corrected chi connectivity index (χ1v) is 9.57. The van der Waals surface area contributed by atoms with Crippen LogP contribution in [-0.4, -0.2) is 15.9 Å². The first-order valence-electron chi connectivity index (χ1n) is 9.57. The molecule has 4 rings (SSSR count). The van der Waals surface area contributed by atoms with Crippen LogP contribution in [0.5, 0.6) is 0 Å². The minimum atomic E-state index is -0.200. The van der Waals surface area contributed by atoms with Crippen LogP contribution in [0.3, 0.4) is 0 Å². The lowest BCUT2D eigenvalue weighted by molar-refractivity contribution is 0.102. The van der Waals surface area contributed by atoms with Crippen LogP contribution in [0.25, 0.3) is 10.9 Å². The topological polar surface area (TPSA) is 66.9 Å². The molecule has 5 heteroatoms. The van der Waals surface area contributed by atoms with Gasteiger partial charge in [-0.05, 0) is 41.8 Å². The van der Waals surface area contributed by atoms with Crippen molar-refractivity contribution in [3.63, 3.8) is 0 Å². The van der Waals surface area contributed by atoms with Crippen LogP contribution in [0.1, 0.15) is 35.7 Å². The van der Waals surface area contributed by atoms with E-state index in [9.17, 15) is 4.79 Å². The summed E-state index contributed by atoms with van der Waals surface area (Å²) in [6.07, 6.45) is 5.01. The van der Waals surface area contributed by atoms with Crippen LogP contribution in [0.4, 0.5) is 17.1 Å². The third kappa shape index (κ3) is 4.24. The van der Waals surface area contributed by atoms with Crippen molar-refractivity contribution < 1.29 is 4.79 Å². The molecule has 2 heterocycles. The maximum Gasteiger partial charge on any atom is 0.257 e. The Bertz CT molecular complexity index is 1150. The molecule has 0 atom stereocenters. The van der Waals surface area contributed by atoms with Crippen LogP contribution in [-0.2, 0) is 0 Å². The minimum absolute atomic E-state index is 0.200. The lowest BCUT2D eigenvalue weighted by Crippen LogP contribution is -2.12. The van der Waals surface area contributed by atoms with Gasteiger partial charge in [0, 0.05) is 23.5 Å². The van der Waals surface area contributed by atoms with E-state index in [-0.39, 0.29) is 5.91 Å². The molecule has 0 unspecified atom stereocenters. The Hall–Kier alpha value is -3.73. The summed E-state index contributed by atoms with van der Waals surface area (Å²) in [5, 5.41) is 7.29. The molecule has 4 aromatic rings. The van der Waals surface area contributed by atoms with Crippen molar-refractivity contribution in [2.45, 2.75) is 19.8 Å². The van der Waals surface area contributed by atoms with E-state index in [2.05, 4.69) is 34.4 Å². The molecule has 0 spiro atoms. The number of hydrogen-bond donors (Lipinski definition) is 2. The van der Waals surface area contributed by atoms with Gasteiger partial charge in [0.15, 0.2) is 0 Å². The number of pyridine rings is 2. The average Bonchev–Trinajstić information content (AvgIpc) is 2.74. The zero-order valence-electron chi connectivity index (χ0n) is 16.4. The second kappa shape index (κ2) is 8.10. The SMILES string of the molecule is CC(C)c1ccc(NC(=O)c2cncc(Nc3cccc4cccnc34)c2)cc1. The fourth-order valence-electron chi connectivity index (χ4n) is 3.15. The van der Waals surface area contributed by atoms with Gasteiger partial charge in [-0.15, -0.1) is 0 Å². The van der Waals surface area contributed by atoms with Gasteiger partial charge in [-0.25, -0.2) is 0 Å². The molecule has 0 saturated heterocycles. The summed E-state index contributed by atoms with van der Waals surface area (Å²) in [5.41, 5.74) is 4.94. The molecular weight excluding hydrogens is 360 g/mol. The number of rotatable bonds is 5. The molecule has 0 saturated carbocycles. The Labute approximate surface area is 169 Å². The zero-order valence-corrected chi connectivity index (χ0v) is 16.4. The van der Waals surface area contributed by atoms with Crippen molar-refractivity contribution in [2.24, 2.45) is 0 Å². The van der Waals surface area contributed by atoms with Gasteiger partial charge in [0.1, 0.15) is 0 Å². The number of anilines is 3. The standard InChI is InChI=1S/C24H22N4O/c1-16(2)17-8-10-20(11-9-17)28-24(29)19-13-21(15-25-14-19)27-22-7-3-5-18-6-4-12-26-23(18)22/h3-16,27H,1-2H3,(H,28,29). The lowest BCUT2D eigenvalue weighted by Gasteiger charge is -2.11. The van der Waals surface area contributed by atoms with Crippen LogP contribution in [0.2, 0.25) is 0 Å². The Morgan fingerprint density at radius 1 is 0.931 bits per heavy atom. The predicted molar refractivity (Wildman–Crippen MR) is 118 cm³/mol. The van der Waals surface area contributed by atoms with Crippen LogP contribution in [0, 0.1) is 0 Å². The van der Waals surface area contributed by atoms with Gasteiger partial charge in [-0.3, -0.25) is 14.8 Å². The number of hydrogen-bond acceptors (Lipinski definition) is 4. The van der Waals surface area contributed by atoms with Gasteiger partial charge in [-0.1, -0.05) is 44.2 Å². The van der Waals surface area contributed by atoms with E-state index in [1.54, 1.807) is 24.7 Å². The number of nitrogens with zero attached hydrogens (tertiary/aromatic N) is 2. The highest BCUT2D eigenvalue weighted by Crippen LogP contribution is 2.25. The highest BCUT2D eigenvalue weighted by Gasteiger charge is 2.09. The van der Waals surface area contributed by atoms with Crippen molar-refractivity contribution in [3.8, 4) is 0 Å². The Kier molecular flexibility index (Phi) is 5.20. The molecule has 144 valence electrons. The second-order valence-electron chi connectivity index (χ2n) is 7.20. The van der Waals surface area contributed by atoms with Crippen molar-refractivity contribution in [1.29, 1.82) is 0 Å². The molecular formula is C24H22N4O. The average molecular weight is 382 g/mol. The summed E-state index contributed by atoms with van der Waals surface area (Å²) in [6, 6.07) is 19.6. The first kappa shape index (κ1) is 18.6. The van der Waals surface area contributed by atoms with Crippen LogP contribution >= 0.6 is 0 Å². The van der Waals surface area contributed by atoms with E-state index in [0.29, 0.717) is 11.5 Å². The van der Waals surface area contributed by atoms with Crippen LogP contribution < -0.4 is 10.6 Å². The molecule has 0 aliphatic heterocycles. The van der Waals surface area contributed by atoms with E-state index in [1.165, 1.54) is 5.56 Å².